The first kappa shape index (κ1) is 20.6. The summed E-state index contributed by atoms with van der Waals surface area (Å²) in [5.41, 5.74) is 2.13. The third-order valence-corrected chi connectivity index (χ3v) is 5.20. The second kappa shape index (κ2) is 9.41. The van der Waals surface area contributed by atoms with E-state index in [-0.39, 0.29) is 5.97 Å². The first-order chi connectivity index (χ1) is 13.5. The van der Waals surface area contributed by atoms with E-state index in [9.17, 15) is 4.79 Å². The first-order valence-corrected chi connectivity index (χ1v) is 9.96. The molecule has 1 heterocycles. The van der Waals surface area contributed by atoms with Gasteiger partial charge >= 0.3 is 5.97 Å². The normalized spacial score (nSPS) is 15.6. The van der Waals surface area contributed by atoms with Gasteiger partial charge in [0.2, 0.25) is 0 Å². The van der Waals surface area contributed by atoms with E-state index in [0.29, 0.717) is 21.3 Å². The third kappa shape index (κ3) is 5.04. The molecule has 0 radical (unpaired) electrons. The molecule has 0 unspecified atom stereocenters. The number of nitrogens with zero attached hydrogens (tertiary/aromatic N) is 3. The van der Waals surface area contributed by atoms with Gasteiger partial charge in [-0.25, -0.2) is 9.79 Å². The lowest BCUT2D eigenvalue weighted by Gasteiger charge is -2.36. The maximum absolute atomic E-state index is 11.7. The molecule has 2 aromatic carbocycles. The van der Waals surface area contributed by atoms with Gasteiger partial charge in [0, 0.05) is 41.8 Å². The minimum Gasteiger partial charge on any atom is -0.465 e. The van der Waals surface area contributed by atoms with Gasteiger partial charge in [-0.15, -0.1) is 0 Å². The summed E-state index contributed by atoms with van der Waals surface area (Å²) in [6.07, 6.45) is 0. The molecular weight excluding hydrogens is 397 g/mol. The van der Waals surface area contributed by atoms with Crippen LogP contribution in [0.2, 0.25) is 10.0 Å². The second-order valence-electron chi connectivity index (χ2n) is 6.55. The molecule has 28 heavy (non-hydrogen) atoms. The Morgan fingerprint density at radius 3 is 2.11 bits per heavy atom. The van der Waals surface area contributed by atoms with E-state index in [0.717, 1.165) is 44.1 Å². The molecule has 1 aliphatic rings. The van der Waals surface area contributed by atoms with Crippen LogP contribution in [0.3, 0.4) is 0 Å². The van der Waals surface area contributed by atoms with Crippen LogP contribution < -0.4 is 0 Å². The predicted octanol–water partition coefficient (Wildman–Crippen LogP) is 4.50. The summed E-state index contributed by atoms with van der Waals surface area (Å²) in [5, 5.41) is 1.09. The number of aliphatic imine (C=N–C) groups is 1. The maximum Gasteiger partial charge on any atom is 0.337 e. The van der Waals surface area contributed by atoms with Gasteiger partial charge < -0.3 is 14.5 Å². The van der Waals surface area contributed by atoms with Crippen LogP contribution in [-0.4, -0.2) is 61.4 Å². The monoisotopic (exact) mass is 419 g/mol. The zero-order chi connectivity index (χ0) is 20.1. The molecule has 2 aromatic rings. The number of benzene rings is 2. The van der Waals surface area contributed by atoms with E-state index < -0.39 is 0 Å². The summed E-state index contributed by atoms with van der Waals surface area (Å²) >= 11 is 12.3. The van der Waals surface area contributed by atoms with Crippen LogP contribution in [0, 0.1) is 0 Å². The van der Waals surface area contributed by atoms with Gasteiger partial charge in [-0.3, -0.25) is 0 Å². The number of likely N-dealkylation sites (N-methyl/N-ethyl adjacent to an activating group) is 1. The number of ether oxygens (including phenoxy) is 1. The SMILES string of the molecule is CCN1CCN(/C(=N\c2cc(Cl)cc(Cl)c2)c2ccc(C(=O)OC)cc2)CC1. The molecule has 0 bridgehead atoms. The lowest BCUT2D eigenvalue weighted by Crippen LogP contribution is -2.48. The predicted molar refractivity (Wildman–Crippen MR) is 114 cm³/mol. The second-order valence-corrected chi connectivity index (χ2v) is 7.43. The van der Waals surface area contributed by atoms with Crippen molar-refractivity contribution in [1.29, 1.82) is 0 Å². The summed E-state index contributed by atoms with van der Waals surface area (Å²) in [4.78, 5) is 21.3. The summed E-state index contributed by atoms with van der Waals surface area (Å²) in [5.74, 6) is 0.480. The molecular formula is C21H23Cl2N3O2. The number of hydrogen-bond donors (Lipinski definition) is 0. The van der Waals surface area contributed by atoms with Crippen LogP contribution in [0.4, 0.5) is 5.69 Å². The topological polar surface area (TPSA) is 45.1 Å². The molecule has 5 nitrogen and oxygen atoms in total. The highest BCUT2D eigenvalue weighted by molar-refractivity contribution is 6.35. The van der Waals surface area contributed by atoms with Crippen molar-refractivity contribution >= 4 is 40.7 Å². The average Bonchev–Trinajstić information content (AvgIpc) is 2.71. The van der Waals surface area contributed by atoms with E-state index >= 15 is 0 Å². The van der Waals surface area contributed by atoms with Gasteiger partial charge in [0.05, 0.1) is 18.4 Å². The van der Waals surface area contributed by atoms with Crippen molar-refractivity contribution < 1.29 is 9.53 Å². The number of methoxy groups -OCH3 is 1. The summed E-state index contributed by atoms with van der Waals surface area (Å²) < 4.78 is 4.78. The molecule has 1 aliphatic heterocycles. The lowest BCUT2D eigenvalue weighted by atomic mass is 10.1. The number of hydrogen-bond acceptors (Lipinski definition) is 4. The molecule has 0 atom stereocenters. The summed E-state index contributed by atoms with van der Waals surface area (Å²) in [6.45, 7) is 6.92. The fourth-order valence-corrected chi connectivity index (χ4v) is 3.71. The first-order valence-electron chi connectivity index (χ1n) is 9.21. The number of amidine groups is 1. The smallest absolute Gasteiger partial charge is 0.337 e. The summed E-state index contributed by atoms with van der Waals surface area (Å²) in [6, 6.07) is 12.6. The lowest BCUT2D eigenvalue weighted by molar-refractivity contribution is 0.0600. The zero-order valence-corrected chi connectivity index (χ0v) is 17.5. The van der Waals surface area contributed by atoms with E-state index in [2.05, 4.69) is 16.7 Å². The summed E-state index contributed by atoms with van der Waals surface area (Å²) in [7, 11) is 1.37. The average molecular weight is 420 g/mol. The quantitative estimate of drug-likeness (QED) is 0.415. The Bertz CT molecular complexity index is 840. The van der Waals surface area contributed by atoms with Gasteiger partial charge in [-0.05, 0) is 36.9 Å². The van der Waals surface area contributed by atoms with Gasteiger partial charge in [0.1, 0.15) is 5.84 Å². The number of piperazine rings is 1. The highest BCUT2D eigenvalue weighted by Gasteiger charge is 2.20. The van der Waals surface area contributed by atoms with Gasteiger partial charge in [0.15, 0.2) is 0 Å². The molecule has 0 spiro atoms. The Kier molecular flexibility index (Phi) is 6.94. The molecule has 0 N–H and O–H groups in total. The number of rotatable bonds is 4. The zero-order valence-electron chi connectivity index (χ0n) is 16.0. The Labute approximate surface area is 175 Å². The number of esters is 1. The Balaban J connectivity index is 1.97. The van der Waals surface area contributed by atoms with E-state index in [1.807, 2.05) is 12.1 Å². The number of carbonyl (C=O) groups is 1. The van der Waals surface area contributed by atoms with Crippen molar-refractivity contribution in [2.75, 3.05) is 39.8 Å². The standard InChI is InChI=1S/C21H23Cl2N3O2/c1-3-25-8-10-26(11-9-25)20(24-19-13-17(22)12-18(23)14-19)15-4-6-16(7-5-15)21(27)28-2/h4-7,12-14H,3,8-11H2,1-2H3/b24-20-. The van der Waals surface area contributed by atoms with Crippen LogP contribution in [-0.2, 0) is 4.74 Å². The molecule has 0 saturated carbocycles. The molecule has 7 heteroatoms. The minimum absolute atomic E-state index is 0.358. The fourth-order valence-electron chi connectivity index (χ4n) is 3.19. The van der Waals surface area contributed by atoms with Crippen molar-refractivity contribution in [3.05, 3.63) is 63.6 Å². The van der Waals surface area contributed by atoms with Crippen LogP contribution >= 0.6 is 23.2 Å². The third-order valence-electron chi connectivity index (χ3n) is 4.77. The van der Waals surface area contributed by atoms with Crippen LogP contribution in [0.15, 0.2) is 47.5 Å². The van der Waals surface area contributed by atoms with E-state index in [1.165, 1.54) is 7.11 Å². The van der Waals surface area contributed by atoms with Crippen molar-refractivity contribution in [1.82, 2.24) is 9.80 Å². The fraction of sp³-hybridized carbons (Fsp3) is 0.333. The van der Waals surface area contributed by atoms with Crippen molar-refractivity contribution in [2.24, 2.45) is 4.99 Å². The highest BCUT2D eigenvalue weighted by atomic mass is 35.5. The Morgan fingerprint density at radius 2 is 1.57 bits per heavy atom. The largest absolute Gasteiger partial charge is 0.465 e. The number of halogens is 2. The van der Waals surface area contributed by atoms with Gasteiger partial charge in [-0.2, -0.15) is 0 Å². The maximum atomic E-state index is 11.7. The van der Waals surface area contributed by atoms with Crippen molar-refractivity contribution in [2.45, 2.75) is 6.92 Å². The molecule has 1 saturated heterocycles. The molecule has 0 aromatic heterocycles. The Hall–Kier alpha value is -2.08. The highest BCUT2D eigenvalue weighted by Crippen LogP contribution is 2.26. The molecule has 3 rings (SSSR count). The van der Waals surface area contributed by atoms with Crippen molar-refractivity contribution in [3.63, 3.8) is 0 Å². The molecule has 0 amide bonds. The minimum atomic E-state index is -0.358. The molecule has 1 fully saturated rings. The van der Waals surface area contributed by atoms with E-state index in [1.54, 1.807) is 30.3 Å². The van der Waals surface area contributed by atoms with Crippen LogP contribution in [0.25, 0.3) is 0 Å². The van der Waals surface area contributed by atoms with Crippen LogP contribution in [0.1, 0.15) is 22.8 Å². The van der Waals surface area contributed by atoms with E-state index in [4.69, 9.17) is 32.9 Å². The van der Waals surface area contributed by atoms with Crippen LogP contribution in [0.5, 0.6) is 0 Å². The number of carbonyl (C=O) groups excluding carboxylic acids is 1. The molecule has 148 valence electrons. The Morgan fingerprint density at radius 1 is 1.00 bits per heavy atom. The molecule has 0 aliphatic carbocycles. The van der Waals surface area contributed by atoms with Crippen molar-refractivity contribution in [3.8, 4) is 0 Å². The van der Waals surface area contributed by atoms with Gasteiger partial charge in [0.25, 0.3) is 0 Å². The van der Waals surface area contributed by atoms with Gasteiger partial charge in [-0.1, -0.05) is 42.3 Å².